The first-order valence-corrected chi connectivity index (χ1v) is 5.67. The SMILES string of the molecule is CCC(=O)c1ccc(N2CC(=O)NC(=O)C2)cn1. The number of aromatic nitrogens is 1. The number of nitrogens with zero attached hydrogens (tertiary/aromatic N) is 2. The van der Waals surface area contributed by atoms with Crippen LogP contribution in [-0.2, 0) is 9.59 Å². The molecule has 2 rings (SSSR count). The van der Waals surface area contributed by atoms with Crippen molar-refractivity contribution in [3.05, 3.63) is 24.0 Å². The number of imide groups is 1. The molecule has 6 nitrogen and oxygen atoms in total. The molecule has 0 bridgehead atoms. The van der Waals surface area contributed by atoms with Gasteiger partial charge in [-0.15, -0.1) is 0 Å². The number of carbonyl (C=O) groups is 3. The molecule has 1 fully saturated rings. The molecular weight excluding hydrogens is 234 g/mol. The molecule has 6 heteroatoms. The number of ketones is 1. The van der Waals surface area contributed by atoms with Crippen LogP contribution < -0.4 is 10.2 Å². The summed E-state index contributed by atoms with van der Waals surface area (Å²) in [5.74, 6) is -0.700. The Bertz CT molecular complexity index is 480. The summed E-state index contributed by atoms with van der Waals surface area (Å²) in [6.07, 6.45) is 1.91. The minimum atomic E-state index is -0.333. The van der Waals surface area contributed by atoms with E-state index < -0.39 is 0 Å². The Hall–Kier alpha value is -2.24. The van der Waals surface area contributed by atoms with Crippen LogP contribution in [0.2, 0.25) is 0 Å². The van der Waals surface area contributed by atoms with Crippen LogP contribution >= 0.6 is 0 Å². The second kappa shape index (κ2) is 4.95. The smallest absolute Gasteiger partial charge is 0.246 e. The van der Waals surface area contributed by atoms with Crippen molar-refractivity contribution in [2.45, 2.75) is 13.3 Å². The number of pyridine rings is 1. The molecule has 0 unspecified atom stereocenters. The minimum Gasteiger partial charge on any atom is -0.352 e. The highest BCUT2D eigenvalue weighted by Crippen LogP contribution is 2.14. The largest absolute Gasteiger partial charge is 0.352 e. The number of nitrogens with one attached hydrogen (secondary N) is 1. The number of piperazine rings is 1. The average Bonchev–Trinajstić information content (AvgIpc) is 2.37. The van der Waals surface area contributed by atoms with Crippen molar-refractivity contribution in [1.29, 1.82) is 0 Å². The topological polar surface area (TPSA) is 79.4 Å². The molecule has 1 aromatic rings. The molecule has 0 aromatic carbocycles. The van der Waals surface area contributed by atoms with Crippen molar-refractivity contribution in [1.82, 2.24) is 10.3 Å². The van der Waals surface area contributed by atoms with Crippen molar-refractivity contribution in [2.75, 3.05) is 18.0 Å². The molecular formula is C12H13N3O3. The predicted molar refractivity (Wildman–Crippen MR) is 64.2 cm³/mol. The second-order valence-electron chi connectivity index (χ2n) is 4.01. The number of hydrogen-bond donors (Lipinski definition) is 1. The van der Waals surface area contributed by atoms with Gasteiger partial charge in [-0.25, -0.2) is 0 Å². The lowest BCUT2D eigenvalue weighted by Gasteiger charge is -2.26. The van der Waals surface area contributed by atoms with Gasteiger partial charge in [-0.05, 0) is 12.1 Å². The predicted octanol–water partition coefficient (Wildman–Crippen LogP) is 0.137. The number of amides is 2. The molecule has 0 atom stereocenters. The van der Waals surface area contributed by atoms with Crippen LogP contribution in [0.5, 0.6) is 0 Å². The van der Waals surface area contributed by atoms with Crippen molar-refractivity contribution in [2.24, 2.45) is 0 Å². The fourth-order valence-corrected chi connectivity index (χ4v) is 1.74. The van der Waals surface area contributed by atoms with E-state index in [-0.39, 0.29) is 30.7 Å². The Morgan fingerprint density at radius 2 is 2.00 bits per heavy atom. The summed E-state index contributed by atoms with van der Waals surface area (Å²) in [5, 5.41) is 2.22. The third-order valence-corrected chi connectivity index (χ3v) is 2.67. The number of rotatable bonds is 3. The molecule has 1 N–H and O–H groups in total. The van der Waals surface area contributed by atoms with E-state index in [1.54, 1.807) is 24.0 Å². The summed E-state index contributed by atoms with van der Waals surface area (Å²) in [6, 6.07) is 3.31. The number of carbonyl (C=O) groups excluding carboxylic acids is 3. The monoisotopic (exact) mass is 247 g/mol. The number of hydrogen-bond acceptors (Lipinski definition) is 5. The minimum absolute atomic E-state index is 0.0333. The average molecular weight is 247 g/mol. The van der Waals surface area contributed by atoms with Gasteiger partial charge >= 0.3 is 0 Å². The van der Waals surface area contributed by atoms with Gasteiger partial charge in [-0.2, -0.15) is 0 Å². The van der Waals surface area contributed by atoms with Crippen molar-refractivity contribution in [3.63, 3.8) is 0 Å². The number of Topliss-reactive ketones (excluding diaryl/α,β-unsaturated/α-hetero) is 1. The molecule has 0 radical (unpaired) electrons. The lowest BCUT2D eigenvalue weighted by atomic mass is 10.2. The Morgan fingerprint density at radius 3 is 2.50 bits per heavy atom. The molecule has 94 valence electrons. The summed E-state index contributed by atoms with van der Waals surface area (Å²) in [6.45, 7) is 2.01. The van der Waals surface area contributed by atoms with Gasteiger partial charge < -0.3 is 4.90 Å². The van der Waals surface area contributed by atoms with Gasteiger partial charge in [0.05, 0.1) is 25.0 Å². The quantitative estimate of drug-likeness (QED) is 0.607. The normalized spacial score (nSPS) is 15.5. The molecule has 2 heterocycles. The first-order chi connectivity index (χ1) is 8.60. The maximum Gasteiger partial charge on any atom is 0.246 e. The number of anilines is 1. The van der Waals surface area contributed by atoms with Crippen LogP contribution in [0.3, 0.4) is 0 Å². The molecule has 0 spiro atoms. The molecule has 0 saturated carbocycles. The molecule has 2 amide bonds. The molecule has 18 heavy (non-hydrogen) atoms. The van der Waals surface area contributed by atoms with E-state index in [1.165, 1.54) is 6.20 Å². The highest BCUT2D eigenvalue weighted by molar-refractivity contribution is 6.02. The van der Waals surface area contributed by atoms with Gasteiger partial charge in [-0.3, -0.25) is 24.7 Å². The van der Waals surface area contributed by atoms with Crippen molar-refractivity contribution in [3.8, 4) is 0 Å². The van der Waals surface area contributed by atoms with Crippen molar-refractivity contribution >= 4 is 23.3 Å². The van der Waals surface area contributed by atoms with Crippen molar-refractivity contribution < 1.29 is 14.4 Å². The fourth-order valence-electron chi connectivity index (χ4n) is 1.74. The zero-order chi connectivity index (χ0) is 13.1. The van der Waals surface area contributed by atoms with E-state index in [9.17, 15) is 14.4 Å². The maximum absolute atomic E-state index is 11.4. The van der Waals surface area contributed by atoms with Crippen LogP contribution in [0.15, 0.2) is 18.3 Å². The Balaban J connectivity index is 2.16. The van der Waals surface area contributed by atoms with Crippen LogP contribution in [0.25, 0.3) is 0 Å². The van der Waals surface area contributed by atoms with Gasteiger partial charge in [-0.1, -0.05) is 6.92 Å². The van der Waals surface area contributed by atoms with Gasteiger partial charge in [0, 0.05) is 6.42 Å². The van der Waals surface area contributed by atoms with E-state index in [0.717, 1.165) is 0 Å². The van der Waals surface area contributed by atoms with Gasteiger partial charge in [0.15, 0.2) is 5.78 Å². The van der Waals surface area contributed by atoms with E-state index in [2.05, 4.69) is 10.3 Å². The molecule has 0 aliphatic carbocycles. The van der Waals surface area contributed by atoms with Crippen LogP contribution in [0, 0.1) is 0 Å². The van der Waals surface area contributed by atoms with E-state index in [0.29, 0.717) is 17.8 Å². The van der Waals surface area contributed by atoms with Crippen LogP contribution in [0.1, 0.15) is 23.8 Å². The summed E-state index contributed by atoms with van der Waals surface area (Å²) < 4.78 is 0. The van der Waals surface area contributed by atoms with Gasteiger partial charge in [0.25, 0.3) is 0 Å². The Kier molecular flexibility index (Phi) is 3.36. The van der Waals surface area contributed by atoms with Gasteiger partial charge in [0.1, 0.15) is 5.69 Å². The lowest BCUT2D eigenvalue weighted by molar-refractivity contribution is -0.130. The summed E-state index contributed by atoms with van der Waals surface area (Å²) >= 11 is 0. The Morgan fingerprint density at radius 1 is 1.33 bits per heavy atom. The second-order valence-corrected chi connectivity index (χ2v) is 4.01. The summed E-state index contributed by atoms with van der Waals surface area (Å²) in [7, 11) is 0. The van der Waals surface area contributed by atoms with Gasteiger partial charge in [0.2, 0.25) is 11.8 Å². The van der Waals surface area contributed by atoms with Crippen LogP contribution in [-0.4, -0.2) is 35.7 Å². The Labute approximate surface area is 104 Å². The van der Waals surface area contributed by atoms with E-state index in [4.69, 9.17) is 0 Å². The summed E-state index contributed by atoms with van der Waals surface area (Å²) in [4.78, 5) is 39.5. The fraction of sp³-hybridized carbons (Fsp3) is 0.333. The molecule has 1 aliphatic heterocycles. The first-order valence-electron chi connectivity index (χ1n) is 5.67. The lowest BCUT2D eigenvalue weighted by Crippen LogP contribution is -2.51. The van der Waals surface area contributed by atoms with Crippen LogP contribution in [0.4, 0.5) is 5.69 Å². The third kappa shape index (κ3) is 2.53. The zero-order valence-electron chi connectivity index (χ0n) is 9.97. The molecule has 1 saturated heterocycles. The maximum atomic E-state index is 11.4. The highest BCUT2D eigenvalue weighted by Gasteiger charge is 2.22. The first kappa shape index (κ1) is 12.2. The van der Waals surface area contributed by atoms with E-state index in [1.807, 2.05) is 0 Å². The standard InChI is InChI=1S/C12H13N3O3/c1-2-10(16)9-4-3-8(5-13-9)15-6-11(17)14-12(18)7-15/h3-5H,2,6-7H2,1H3,(H,14,17,18). The van der Waals surface area contributed by atoms with E-state index >= 15 is 0 Å². The summed E-state index contributed by atoms with van der Waals surface area (Å²) in [5.41, 5.74) is 1.06. The zero-order valence-corrected chi connectivity index (χ0v) is 9.97. The molecule has 1 aliphatic rings. The molecule has 1 aromatic heterocycles. The highest BCUT2D eigenvalue weighted by atomic mass is 16.2. The third-order valence-electron chi connectivity index (χ3n) is 2.67.